The SMILES string of the molecule is Cc1ccn(S(=O)(=O)c2ccc3c(c2)OCCO3)n1. The number of hydrogen-bond donors (Lipinski definition) is 0. The van der Waals surface area contributed by atoms with Crippen molar-refractivity contribution in [2.45, 2.75) is 11.8 Å². The first-order valence-corrected chi connectivity index (χ1v) is 7.19. The summed E-state index contributed by atoms with van der Waals surface area (Å²) in [6.07, 6.45) is 1.42. The first-order valence-electron chi connectivity index (χ1n) is 5.75. The average Bonchev–Trinajstić information content (AvgIpc) is 2.85. The summed E-state index contributed by atoms with van der Waals surface area (Å²) in [5, 5.41) is 3.93. The summed E-state index contributed by atoms with van der Waals surface area (Å²) in [6, 6.07) is 6.17. The van der Waals surface area contributed by atoms with Gasteiger partial charge in [-0.05, 0) is 25.1 Å². The Bertz CT molecular complexity index is 721. The topological polar surface area (TPSA) is 70.4 Å². The van der Waals surface area contributed by atoms with Crippen molar-refractivity contribution in [3.05, 3.63) is 36.2 Å². The zero-order valence-electron chi connectivity index (χ0n) is 10.2. The van der Waals surface area contributed by atoms with Crippen molar-refractivity contribution in [2.75, 3.05) is 13.2 Å². The fraction of sp³-hybridized carbons (Fsp3) is 0.250. The van der Waals surface area contributed by atoms with E-state index in [1.165, 1.54) is 18.3 Å². The van der Waals surface area contributed by atoms with E-state index in [0.717, 1.165) is 4.09 Å². The van der Waals surface area contributed by atoms with E-state index in [0.29, 0.717) is 30.4 Å². The van der Waals surface area contributed by atoms with Crippen molar-refractivity contribution in [1.29, 1.82) is 0 Å². The fourth-order valence-electron chi connectivity index (χ4n) is 1.82. The van der Waals surface area contributed by atoms with Crippen LogP contribution in [0.25, 0.3) is 0 Å². The van der Waals surface area contributed by atoms with Crippen molar-refractivity contribution in [3.8, 4) is 11.5 Å². The van der Waals surface area contributed by atoms with Gasteiger partial charge >= 0.3 is 0 Å². The van der Waals surface area contributed by atoms with Crippen LogP contribution in [0.2, 0.25) is 0 Å². The molecule has 7 heteroatoms. The molecule has 1 aromatic carbocycles. The lowest BCUT2D eigenvalue weighted by atomic mass is 10.3. The molecule has 6 nitrogen and oxygen atoms in total. The Balaban J connectivity index is 2.06. The van der Waals surface area contributed by atoms with Gasteiger partial charge in [0.15, 0.2) is 11.5 Å². The largest absolute Gasteiger partial charge is 0.486 e. The molecule has 0 saturated carbocycles. The number of aryl methyl sites for hydroxylation is 1. The van der Waals surface area contributed by atoms with E-state index in [4.69, 9.17) is 9.47 Å². The van der Waals surface area contributed by atoms with Crippen LogP contribution in [0.5, 0.6) is 11.5 Å². The lowest BCUT2D eigenvalue weighted by Gasteiger charge is -2.18. The number of ether oxygens (including phenoxy) is 2. The molecule has 100 valence electrons. The van der Waals surface area contributed by atoms with E-state index in [-0.39, 0.29) is 4.90 Å². The number of rotatable bonds is 2. The highest BCUT2D eigenvalue weighted by Crippen LogP contribution is 2.32. The maximum Gasteiger partial charge on any atom is 0.283 e. The molecular weight excluding hydrogens is 268 g/mol. The summed E-state index contributed by atoms with van der Waals surface area (Å²) < 4.78 is 36.4. The lowest BCUT2D eigenvalue weighted by Crippen LogP contribution is -2.17. The average molecular weight is 280 g/mol. The van der Waals surface area contributed by atoms with Gasteiger partial charge in [-0.3, -0.25) is 0 Å². The number of nitrogens with zero attached hydrogens (tertiary/aromatic N) is 2. The van der Waals surface area contributed by atoms with Crippen molar-refractivity contribution < 1.29 is 17.9 Å². The summed E-state index contributed by atoms with van der Waals surface area (Å²) in [6.45, 7) is 2.62. The van der Waals surface area contributed by atoms with Gasteiger partial charge in [-0.15, -0.1) is 0 Å². The van der Waals surface area contributed by atoms with Gasteiger partial charge in [-0.25, -0.2) is 0 Å². The molecule has 0 fully saturated rings. The molecule has 1 aromatic heterocycles. The molecule has 0 unspecified atom stereocenters. The standard InChI is InChI=1S/C12H12N2O4S/c1-9-4-5-14(13-9)19(15,16)10-2-3-11-12(8-10)18-7-6-17-11/h2-5,8H,6-7H2,1H3. The highest BCUT2D eigenvalue weighted by atomic mass is 32.2. The molecule has 0 atom stereocenters. The molecule has 0 saturated heterocycles. The molecule has 0 radical (unpaired) electrons. The van der Waals surface area contributed by atoms with Gasteiger partial charge < -0.3 is 9.47 Å². The van der Waals surface area contributed by atoms with Gasteiger partial charge in [0.25, 0.3) is 10.0 Å². The smallest absolute Gasteiger partial charge is 0.283 e. The van der Waals surface area contributed by atoms with Crippen LogP contribution >= 0.6 is 0 Å². The van der Waals surface area contributed by atoms with Crippen LogP contribution in [-0.4, -0.2) is 30.8 Å². The van der Waals surface area contributed by atoms with Gasteiger partial charge in [0.1, 0.15) is 13.2 Å². The van der Waals surface area contributed by atoms with Crippen LogP contribution < -0.4 is 9.47 Å². The van der Waals surface area contributed by atoms with Crippen LogP contribution in [0.15, 0.2) is 35.4 Å². The molecule has 2 heterocycles. The second kappa shape index (κ2) is 4.27. The van der Waals surface area contributed by atoms with Crippen LogP contribution in [0.1, 0.15) is 5.69 Å². The predicted molar refractivity (Wildman–Crippen MR) is 67.0 cm³/mol. The summed E-state index contributed by atoms with van der Waals surface area (Å²) in [5.74, 6) is 0.998. The third-order valence-corrected chi connectivity index (χ3v) is 4.30. The minimum absolute atomic E-state index is 0.125. The van der Waals surface area contributed by atoms with E-state index in [1.807, 2.05) is 0 Å². The second-order valence-corrected chi connectivity index (χ2v) is 5.94. The third-order valence-electron chi connectivity index (χ3n) is 2.76. The first kappa shape index (κ1) is 12.0. The summed E-state index contributed by atoms with van der Waals surface area (Å²) in [5.41, 5.74) is 0.640. The number of aromatic nitrogens is 2. The molecule has 0 spiro atoms. The molecule has 3 rings (SSSR count). The van der Waals surface area contributed by atoms with Crippen molar-refractivity contribution in [1.82, 2.24) is 9.19 Å². The van der Waals surface area contributed by atoms with Crippen LogP contribution in [0.3, 0.4) is 0 Å². The van der Waals surface area contributed by atoms with E-state index < -0.39 is 10.0 Å². The molecule has 0 bridgehead atoms. The molecule has 0 amide bonds. The number of benzene rings is 1. The summed E-state index contributed by atoms with van der Waals surface area (Å²) in [7, 11) is -3.68. The Morgan fingerprint density at radius 2 is 1.89 bits per heavy atom. The Morgan fingerprint density at radius 3 is 2.58 bits per heavy atom. The van der Waals surface area contributed by atoms with E-state index >= 15 is 0 Å². The molecule has 0 aliphatic carbocycles. The maximum atomic E-state index is 12.3. The van der Waals surface area contributed by atoms with E-state index in [2.05, 4.69) is 5.10 Å². The van der Waals surface area contributed by atoms with Crippen LogP contribution in [0.4, 0.5) is 0 Å². The first-order chi connectivity index (χ1) is 9.07. The Kier molecular flexibility index (Phi) is 2.70. The van der Waals surface area contributed by atoms with Gasteiger partial charge in [-0.2, -0.15) is 17.6 Å². The molecule has 1 aliphatic rings. The van der Waals surface area contributed by atoms with Crippen molar-refractivity contribution in [3.63, 3.8) is 0 Å². The second-order valence-electron chi connectivity index (χ2n) is 4.14. The van der Waals surface area contributed by atoms with Gasteiger partial charge in [-0.1, -0.05) is 0 Å². The minimum atomic E-state index is -3.68. The summed E-state index contributed by atoms with van der Waals surface area (Å²) in [4.78, 5) is 0.125. The zero-order valence-corrected chi connectivity index (χ0v) is 11.1. The van der Waals surface area contributed by atoms with Crippen LogP contribution in [-0.2, 0) is 10.0 Å². The number of hydrogen-bond acceptors (Lipinski definition) is 5. The van der Waals surface area contributed by atoms with Gasteiger partial charge in [0.2, 0.25) is 0 Å². The minimum Gasteiger partial charge on any atom is -0.486 e. The highest BCUT2D eigenvalue weighted by molar-refractivity contribution is 7.89. The quantitative estimate of drug-likeness (QED) is 0.826. The predicted octanol–water partition coefficient (Wildman–Crippen LogP) is 1.20. The normalized spacial score (nSPS) is 14.4. The molecule has 0 N–H and O–H groups in total. The Hall–Kier alpha value is -2.02. The van der Waals surface area contributed by atoms with Crippen molar-refractivity contribution >= 4 is 10.0 Å². The third kappa shape index (κ3) is 2.06. The maximum absolute atomic E-state index is 12.3. The van der Waals surface area contributed by atoms with Gasteiger partial charge in [0.05, 0.1) is 10.6 Å². The van der Waals surface area contributed by atoms with Crippen molar-refractivity contribution in [2.24, 2.45) is 0 Å². The molecule has 2 aromatic rings. The Labute approximate surface area is 110 Å². The Morgan fingerprint density at radius 1 is 1.16 bits per heavy atom. The van der Waals surface area contributed by atoms with E-state index in [9.17, 15) is 8.42 Å². The zero-order chi connectivity index (χ0) is 13.5. The molecule has 19 heavy (non-hydrogen) atoms. The lowest BCUT2D eigenvalue weighted by molar-refractivity contribution is 0.171. The summed E-state index contributed by atoms with van der Waals surface area (Å²) >= 11 is 0. The molecular formula is C12H12N2O4S. The monoisotopic (exact) mass is 280 g/mol. The van der Waals surface area contributed by atoms with Crippen LogP contribution in [0, 0.1) is 6.92 Å². The van der Waals surface area contributed by atoms with E-state index in [1.54, 1.807) is 19.1 Å². The number of fused-ring (bicyclic) bond motifs is 1. The molecule has 1 aliphatic heterocycles. The fourth-order valence-corrected chi connectivity index (χ4v) is 2.99. The highest BCUT2D eigenvalue weighted by Gasteiger charge is 2.21. The van der Waals surface area contributed by atoms with Gasteiger partial charge in [0, 0.05) is 12.3 Å².